The Morgan fingerprint density at radius 2 is 1.95 bits per heavy atom. The van der Waals surface area contributed by atoms with Crippen molar-refractivity contribution in [1.29, 1.82) is 0 Å². The van der Waals surface area contributed by atoms with Gasteiger partial charge in [-0.2, -0.15) is 13.2 Å². The van der Waals surface area contributed by atoms with Gasteiger partial charge in [-0.05, 0) is 42.2 Å². The number of urea groups is 1. The summed E-state index contributed by atoms with van der Waals surface area (Å²) in [5.41, 5.74) is 2.05. The van der Waals surface area contributed by atoms with Crippen molar-refractivity contribution in [3.63, 3.8) is 0 Å². The second-order valence-corrected chi connectivity index (χ2v) is 9.66. The normalized spacial score (nSPS) is 24.7. The van der Waals surface area contributed by atoms with Gasteiger partial charge >= 0.3 is 12.2 Å². The molecule has 0 spiro atoms. The Balaban J connectivity index is 1.15. The van der Waals surface area contributed by atoms with E-state index in [1.165, 1.54) is 23.1 Å². The summed E-state index contributed by atoms with van der Waals surface area (Å²) in [5, 5.41) is 18.6. The minimum Gasteiger partial charge on any atom is -0.389 e. The second kappa shape index (κ2) is 10.2. The molecule has 4 atom stereocenters. The van der Waals surface area contributed by atoms with Crippen LogP contribution in [0, 0.1) is 0 Å². The van der Waals surface area contributed by atoms with Crippen LogP contribution in [0.25, 0.3) is 0 Å². The Bertz CT molecular complexity index is 1170. The number of nitrogens with zero attached hydrogens (tertiary/aromatic N) is 1. The zero-order chi connectivity index (χ0) is 26.2. The van der Waals surface area contributed by atoms with Crippen LogP contribution in [0.15, 0.2) is 42.5 Å². The molecular weight excluding hydrogens is 489 g/mol. The van der Waals surface area contributed by atoms with Crippen molar-refractivity contribution in [1.82, 2.24) is 15.5 Å². The number of carbonyl (C=O) groups excluding carboxylic acids is 2. The van der Waals surface area contributed by atoms with E-state index in [4.69, 9.17) is 4.74 Å². The first-order valence-electron chi connectivity index (χ1n) is 12.4. The molecule has 2 fully saturated rings. The van der Waals surface area contributed by atoms with Crippen LogP contribution in [0.5, 0.6) is 0 Å². The van der Waals surface area contributed by atoms with E-state index in [2.05, 4.69) is 16.0 Å². The molecule has 1 unspecified atom stereocenters. The number of fused-ring (bicyclic) bond motifs is 4. The first-order valence-corrected chi connectivity index (χ1v) is 12.4. The topological polar surface area (TPSA) is 103 Å². The average Bonchev–Trinajstić information content (AvgIpc) is 3.38. The van der Waals surface area contributed by atoms with Gasteiger partial charge in [-0.1, -0.05) is 24.3 Å². The molecule has 0 saturated carbocycles. The monoisotopic (exact) mass is 518 g/mol. The molecule has 5 rings (SSSR count). The van der Waals surface area contributed by atoms with Crippen molar-refractivity contribution in [2.75, 3.05) is 25.0 Å². The van der Waals surface area contributed by atoms with Crippen molar-refractivity contribution < 1.29 is 32.6 Å². The molecule has 0 aliphatic carbocycles. The lowest BCUT2D eigenvalue weighted by molar-refractivity contribution is -0.140. The van der Waals surface area contributed by atoms with Crippen LogP contribution in [0.1, 0.15) is 53.7 Å². The molecule has 3 amide bonds. The van der Waals surface area contributed by atoms with E-state index in [0.29, 0.717) is 25.8 Å². The standard InChI is InChI=1S/C26H29F3N4O4/c27-26(28,29)18-5-2-1-4-16(18)21-6-3-9-33(21)24(35)13-31-25(36)30-12-15-7-8-19-17(10-15)23-11-20(32-19)22(34)14-37-23/h1-2,4-5,7-8,10,20-23,32,34H,3,6,9,11-14H2,(H2,30,31,36)/t20-,21?,22-,23-/m1/s1. The van der Waals surface area contributed by atoms with Crippen LogP contribution in [-0.4, -0.2) is 53.8 Å². The first-order chi connectivity index (χ1) is 17.7. The third-order valence-electron chi connectivity index (χ3n) is 7.26. The summed E-state index contributed by atoms with van der Waals surface area (Å²) in [7, 11) is 0. The van der Waals surface area contributed by atoms with Crippen LogP contribution >= 0.6 is 0 Å². The Morgan fingerprint density at radius 1 is 1.14 bits per heavy atom. The van der Waals surface area contributed by atoms with Gasteiger partial charge in [0.2, 0.25) is 5.91 Å². The number of ether oxygens (including phenoxy) is 1. The van der Waals surface area contributed by atoms with Gasteiger partial charge in [-0.15, -0.1) is 0 Å². The highest BCUT2D eigenvalue weighted by molar-refractivity contribution is 5.84. The zero-order valence-corrected chi connectivity index (χ0v) is 20.1. The molecular formula is C26H29F3N4O4. The largest absolute Gasteiger partial charge is 0.416 e. The highest BCUT2D eigenvalue weighted by Crippen LogP contribution is 2.41. The predicted octanol–water partition coefficient (Wildman–Crippen LogP) is 3.48. The van der Waals surface area contributed by atoms with Crippen molar-refractivity contribution >= 4 is 17.6 Å². The average molecular weight is 519 g/mol. The number of rotatable bonds is 5. The highest BCUT2D eigenvalue weighted by Gasteiger charge is 2.39. The number of aliphatic hydroxyl groups excluding tert-OH is 1. The number of carbonyl (C=O) groups is 2. The van der Waals surface area contributed by atoms with E-state index < -0.39 is 35.8 Å². The van der Waals surface area contributed by atoms with E-state index in [1.807, 2.05) is 18.2 Å². The molecule has 2 aromatic carbocycles. The molecule has 2 bridgehead atoms. The third kappa shape index (κ3) is 5.37. The summed E-state index contributed by atoms with van der Waals surface area (Å²) in [6.07, 6.45) is -3.49. The van der Waals surface area contributed by atoms with E-state index in [-0.39, 0.29) is 37.4 Å². The van der Waals surface area contributed by atoms with Gasteiger partial charge in [-0.3, -0.25) is 4.79 Å². The summed E-state index contributed by atoms with van der Waals surface area (Å²) in [6.45, 7) is 0.505. The van der Waals surface area contributed by atoms with Gasteiger partial charge in [0.05, 0.1) is 43.0 Å². The molecule has 11 heteroatoms. The lowest BCUT2D eigenvalue weighted by Crippen LogP contribution is -2.46. The number of aliphatic hydroxyl groups is 1. The minimum atomic E-state index is -4.51. The lowest BCUT2D eigenvalue weighted by Gasteiger charge is -2.40. The number of alkyl halides is 3. The lowest BCUT2D eigenvalue weighted by atomic mass is 9.89. The number of likely N-dealkylation sites (tertiary alicyclic amines) is 1. The van der Waals surface area contributed by atoms with Gasteiger partial charge < -0.3 is 30.7 Å². The summed E-state index contributed by atoms with van der Waals surface area (Å²) in [5.74, 6) is -0.430. The molecule has 3 aliphatic rings. The van der Waals surface area contributed by atoms with E-state index in [1.54, 1.807) is 0 Å². The van der Waals surface area contributed by atoms with Gasteiger partial charge in [-0.25, -0.2) is 4.79 Å². The Morgan fingerprint density at radius 3 is 2.76 bits per heavy atom. The van der Waals surface area contributed by atoms with Crippen LogP contribution in [0.3, 0.4) is 0 Å². The van der Waals surface area contributed by atoms with Gasteiger partial charge in [0.25, 0.3) is 0 Å². The maximum absolute atomic E-state index is 13.5. The maximum atomic E-state index is 13.5. The molecule has 0 aromatic heterocycles. The highest BCUT2D eigenvalue weighted by atomic mass is 19.4. The zero-order valence-electron chi connectivity index (χ0n) is 20.1. The third-order valence-corrected chi connectivity index (χ3v) is 7.26. The van der Waals surface area contributed by atoms with Crippen molar-refractivity contribution in [2.45, 2.75) is 56.3 Å². The molecule has 2 aromatic rings. The Labute approximate surface area is 212 Å². The van der Waals surface area contributed by atoms with Crippen molar-refractivity contribution in [3.05, 3.63) is 64.7 Å². The van der Waals surface area contributed by atoms with Crippen LogP contribution < -0.4 is 16.0 Å². The quantitative estimate of drug-likeness (QED) is 0.486. The van der Waals surface area contributed by atoms with Gasteiger partial charge in [0.15, 0.2) is 0 Å². The summed E-state index contributed by atoms with van der Waals surface area (Å²) < 4.78 is 46.2. The summed E-state index contributed by atoms with van der Waals surface area (Å²) in [4.78, 5) is 26.6. The van der Waals surface area contributed by atoms with Crippen molar-refractivity contribution in [2.24, 2.45) is 0 Å². The number of hydrogen-bond acceptors (Lipinski definition) is 5. The second-order valence-electron chi connectivity index (χ2n) is 9.66. The predicted molar refractivity (Wildman–Crippen MR) is 129 cm³/mol. The minimum absolute atomic E-state index is 0.0457. The number of anilines is 1. The van der Waals surface area contributed by atoms with Gasteiger partial charge in [0.1, 0.15) is 0 Å². The molecule has 37 heavy (non-hydrogen) atoms. The molecule has 2 saturated heterocycles. The molecule has 198 valence electrons. The Kier molecular flexibility index (Phi) is 7.00. The molecule has 8 nitrogen and oxygen atoms in total. The number of nitrogens with one attached hydrogen (secondary N) is 3. The number of hydrogen-bond donors (Lipinski definition) is 4. The fourth-order valence-electron chi connectivity index (χ4n) is 5.41. The molecule has 3 aliphatic heterocycles. The van der Waals surface area contributed by atoms with Crippen LogP contribution in [0.2, 0.25) is 0 Å². The number of benzene rings is 2. The Hall–Kier alpha value is -3.31. The van der Waals surface area contributed by atoms with Gasteiger partial charge in [0, 0.05) is 30.8 Å². The molecule has 0 radical (unpaired) electrons. The summed E-state index contributed by atoms with van der Waals surface area (Å²) in [6, 6.07) is 9.73. The van der Waals surface area contributed by atoms with E-state index in [0.717, 1.165) is 22.9 Å². The number of amides is 3. The fraction of sp³-hybridized carbons (Fsp3) is 0.462. The van der Waals surface area contributed by atoms with Crippen LogP contribution in [0.4, 0.5) is 23.7 Å². The first kappa shape index (κ1) is 25.3. The van der Waals surface area contributed by atoms with E-state index >= 15 is 0 Å². The molecule has 3 heterocycles. The fourth-order valence-corrected chi connectivity index (χ4v) is 5.41. The van der Waals surface area contributed by atoms with E-state index in [9.17, 15) is 27.9 Å². The smallest absolute Gasteiger partial charge is 0.389 e. The summed E-state index contributed by atoms with van der Waals surface area (Å²) >= 11 is 0. The maximum Gasteiger partial charge on any atom is 0.416 e. The van der Waals surface area contributed by atoms with Crippen LogP contribution in [-0.2, 0) is 22.3 Å². The number of halogens is 3. The van der Waals surface area contributed by atoms with Crippen molar-refractivity contribution in [3.8, 4) is 0 Å². The molecule has 4 N–H and O–H groups in total. The SMILES string of the molecule is O=C(NCC(=O)N1CCCC1c1ccccc1C(F)(F)F)NCc1ccc2c(c1)[C@H]1C[C@@H](N2)[C@H](O)CO1.